The molecule has 1 aliphatic rings. The number of halogens is 3. The Morgan fingerprint density at radius 2 is 1.69 bits per heavy atom. The Morgan fingerprint density at radius 1 is 0.923 bits per heavy atom. The number of thiophene rings is 1. The van der Waals surface area contributed by atoms with Crippen LogP contribution in [0.1, 0.15) is 27.7 Å². The van der Waals surface area contributed by atoms with Gasteiger partial charge in [-0.3, -0.25) is 4.99 Å². The zero-order chi connectivity index (χ0) is 18.1. The number of nitrogens with zero attached hydrogens (tertiary/aromatic N) is 1. The minimum atomic E-state index is -4.31. The molecular weight excluding hydrogens is 375 g/mol. The van der Waals surface area contributed by atoms with Crippen LogP contribution in [0.5, 0.6) is 0 Å². The van der Waals surface area contributed by atoms with Crippen molar-refractivity contribution in [2.24, 2.45) is 4.99 Å². The largest absolute Gasteiger partial charge is 0.416 e. The number of aliphatic imine (C=N–C) groups is 1. The summed E-state index contributed by atoms with van der Waals surface area (Å²) in [5, 5.41) is 2.02. The van der Waals surface area contributed by atoms with Crippen molar-refractivity contribution in [2.75, 3.05) is 0 Å². The molecule has 0 saturated carbocycles. The third kappa shape index (κ3) is 3.57. The summed E-state index contributed by atoms with van der Waals surface area (Å²) in [6.07, 6.45) is -3.64. The van der Waals surface area contributed by atoms with Gasteiger partial charge in [-0.25, -0.2) is 0 Å². The molecule has 1 aromatic heterocycles. The molecule has 0 saturated heterocycles. The van der Waals surface area contributed by atoms with E-state index in [1.165, 1.54) is 0 Å². The number of benzene rings is 2. The molecule has 0 bridgehead atoms. The van der Waals surface area contributed by atoms with Crippen molar-refractivity contribution in [3.63, 3.8) is 0 Å². The predicted molar refractivity (Wildman–Crippen MR) is 102 cm³/mol. The third-order valence-corrected chi connectivity index (χ3v) is 6.43. The average molecular weight is 389 g/mol. The highest BCUT2D eigenvalue weighted by atomic mass is 32.2. The molecule has 1 aliphatic heterocycles. The summed E-state index contributed by atoms with van der Waals surface area (Å²) in [5.74, 6) is 0. The highest BCUT2D eigenvalue weighted by molar-refractivity contribution is 7.99. The van der Waals surface area contributed by atoms with Crippen LogP contribution in [0.2, 0.25) is 0 Å². The van der Waals surface area contributed by atoms with Crippen LogP contribution in [-0.2, 0) is 6.18 Å². The van der Waals surface area contributed by atoms with Gasteiger partial charge in [-0.2, -0.15) is 13.2 Å². The Bertz CT molecular complexity index is 928. The molecule has 0 radical (unpaired) electrons. The van der Waals surface area contributed by atoms with Crippen LogP contribution in [0.3, 0.4) is 0 Å². The van der Waals surface area contributed by atoms with Crippen LogP contribution in [0.15, 0.2) is 75.9 Å². The molecule has 2 aromatic carbocycles. The van der Waals surface area contributed by atoms with Gasteiger partial charge in [-0.15, -0.1) is 23.1 Å². The Kier molecular flexibility index (Phi) is 4.63. The number of hydrogen-bond acceptors (Lipinski definition) is 3. The number of rotatable bonds is 2. The van der Waals surface area contributed by atoms with Crippen molar-refractivity contribution in [1.29, 1.82) is 0 Å². The second kappa shape index (κ2) is 6.93. The average Bonchev–Trinajstić information content (AvgIpc) is 3.09. The van der Waals surface area contributed by atoms with Gasteiger partial charge < -0.3 is 0 Å². The minimum Gasteiger partial charge on any atom is -0.251 e. The van der Waals surface area contributed by atoms with Gasteiger partial charge in [0.15, 0.2) is 0 Å². The van der Waals surface area contributed by atoms with Crippen LogP contribution in [0.4, 0.5) is 18.9 Å². The van der Waals surface area contributed by atoms with Gasteiger partial charge >= 0.3 is 6.18 Å². The number of alkyl halides is 3. The van der Waals surface area contributed by atoms with Crippen molar-refractivity contribution in [1.82, 2.24) is 0 Å². The predicted octanol–water partition coefficient (Wildman–Crippen LogP) is 7.12. The topological polar surface area (TPSA) is 12.4 Å². The SMILES string of the molecule is FC(F)(F)c1ccc([C@@H]2CC(c3cccs3)=Nc3ccccc3S2)cc1. The highest BCUT2D eigenvalue weighted by Crippen LogP contribution is 2.46. The molecule has 6 heteroatoms. The minimum absolute atomic E-state index is 0.0155. The summed E-state index contributed by atoms with van der Waals surface area (Å²) in [6, 6.07) is 17.4. The van der Waals surface area contributed by atoms with E-state index in [0.717, 1.165) is 38.9 Å². The molecule has 4 rings (SSSR count). The second-order valence-electron chi connectivity index (χ2n) is 5.93. The van der Waals surface area contributed by atoms with E-state index >= 15 is 0 Å². The van der Waals surface area contributed by atoms with Crippen molar-refractivity contribution in [3.05, 3.63) is 82.0 Å². The first-order valence-electron chi connectivity index (χ1n) is 8.05. The fourth-order valence-corrected chi connectivity index (χ4v) is 4.84. The number of thioether (sulfide) groups is 1. The smallest absolute Gasteiger partial charge is 0.251 e. The second-order valence-corrected chi connectivity index (χ2v) is 8.13. The number of hydrogen-bond donors (Lipinski definition) is 0. The van der Waals surface area contributed by atoms with Gasteiger partial charge in [-0.1, -0.05) is 30.3 Å². The van der Waals surface area contributed by atoms with E-state index < -0.39 is 11.7 Å². The molecule has 2 heterocycles. The lowest BCUT2D eigenvalue weighted by atomic mass is 10.0. The number of fused-ring (bicyclic) bond motifs is 1. The summed E-state index contributed by atoms with van der Waals surface area (Å²) in [6.45, 7) is 0. The van der Waals surface area contributed by atoms with E-state index in [-0.39, 0.29) is 5.25 Å². The Labute approximate surface area is 157 Å². The van der Waals surface area contributed by atoms with Gasteiger partial charge in [0, 0.05) is 21.4 Å². The monoisotopic (exact) mass is 389 g/mol. The van der Waals surface area contributed by atoms with Crippen LogP contribution in [-0.4, -0.2) is 5.71 Å². The van der Waals surface area contributed by atoms with E-state index in [9.17, 15) is 13.2 Å². The van der Waals surface area contributed by atoms with E-state index in [1.54, 1.807) is 35.2 Å². The van der Waals surface area contributed by atoms with Gasteiger partial charge in [-0.05, 0) is 41.3 Å². The number of para-hydroxylation sites is 1. The van der Waals surface area contributed by atoms with E-state index in [0.29, 0.717) is 6.42 Å². The third-order valence-electron chi connectivity index (χ3n) is 4.18. The Morgan fingerprint density at radius 3 is 2.38 bits per heavy atom. The Balaban J connectivity index is 1.72. The van der Waals surface area contributed by atoms with Gasteiger partial charge in [0.1, 0.15) is 0 Å². The van der Waals surface area contributed by atoms with Crippen LogP contribution < -0.4 is 0 Å². The van der Waals surface area contributed by atoms with Gasteiger partial charge in [0.25, 0.3) is 0 Å². The van der Waals surface area contributed by atoms with E-state index in [2.05, 4.69) is 0 Å². The maximum Gasteiger partial charge on any atom is 0.416 e. The summed E-state index contributed by atoms with van der Waals surface area (Å²) < 4.78 is 38.5. The van der Waals surface area contributed by atoms with Crippen LogP contribution >= 0.6 is 23.1 Å². The quantitative estimate of drug-likeness (QED) is 0.454. The molecule has 0 aliphatic carbocycles. The molecule has 0 spiro atoms. The molecular formula is C20H14F3NS2. The molecule has 1 nitrogen and oxygen atoms in total. The van der Waals surface area contributed by atoms with Crippen LogP contribution in [0, 0.1) is 0 Å². The fourth-order valence-electron chi connectivity index (χ4n) is 2.88. The zero-order valence-electron chi connectivity index (χ0n) is 13.5. The first-order chi connectivity index (χ1) is 12.5. The molecule has 0 unspecified atom stereocenters. The summed E-state index contributed by atoms with van der Waals surface area (Å²) >= 11 is 3.28. The Hall–Kier alpha value is -2.05. The summed E-state index contributed by atoms with van der Waals surface area (Å²) in [5.41, 5.74) is 2.15. The molecule has 3 aromatic rings. The zero-order valence-corrected chi connectivity index (χ0v) is 15.2. The molecule has 0 amide bonds. The summed E-state index contributed by atoms with van der Waals surface area (Å²) in [7, 11) is 0. The normalized spacial score (nSPS) is 17.3. The van der Waals surface area contributed by atoms with E-state index in [4.69, 9.17) is 4.99 Å². The molecule has 132 valence electrons. The lowest BCUT2D eigenvalue weighted by molar-refractivity contribution is -0.137. The molecule has 0 fully saturated rings. The maximum atomic E-state index is 12.8. The van der Waals surface area contributed by atoms with Gasteiger partial charge in [0.05, 0.1) is 17.0 Å². The standard InChI is InChI=1S/C20H14F3NS2/c21-20(22,23)14-9-7-13(8-10-14)19-12-16(17-6-3-11-25-17)24-15-4-1-2-5-18(15)26-19/h1-11,19H,12H2/t19-/m0/s1. The molecule has 0 N–H and O–H groups in total. The lowest BCUT2D eigenvalue weighted by Crippen LogP contribution is -2.06. The summed E-state index contributed by atoms with van der Waals surface area (Å²) in [4.78, 5) is 6.98. The first kappa shape index (κ1) is 17.4. The van der Waals surface area contributed by atoms with Crippen molar-refractivity contribution >= 4 is 34.5 Å². The van der Waals surface area contributed by atoms with Crippen molar-refractivity contribution in [3.8, 4) is 0 Å². The lowest BCUT2D eigenvalue weighted by Gasteiger charge is -2.16. The van der Waals surface area contributed by atoms with Crippen molar-refractivity contribution < 1.29 is 13.2 Å². The maximum absolute atomic E-state index is 12.8. The fraction of sp³-hybridized carbons (Fsp3) is 0.150. The van der Waals surface area contributed by atoms with E-state index in [1.807, 2.05) is 41.8 Å². The molecule has 1 atom stereocenters. The highest BCUT2D eigenvalue weighted by Gasteiger charge is 2.30. The van der Waals surface area contributed by atoms with Crippen LogP contribution in [0.25, 0.3) is 0 Å². The van der Waals surface area contributed by atoms with Crippen molar-refractivity contribution in [2.45, 2.75) is 22.7 Å². The molecule has 26 heavy (non-hydrogen) atoms. The van der Waals surface area contributed by atoms with Gasteiger partial charge in [0.2, 0.25) is 0 Å². The first-order valence-corrected chi connectivity index (χ1v) is 9.81.